The summed E-state index contributed by atoms with van der Waals surface area (Å²) < 4.78 is 0. The second-order valence-corrected chi connectivity index (χ2v) is 13.6. The number of nitrogens with zero attached hydrogens (tertiary/aromatic N) is 2. The van der Waals surface area contributed by atoms with Gasteiger partial charge < -0.3 is 53.3 Å². The summed E-state index contributed by atoms with van der Waals surface area (Å²) in [5.41, 5.74) is 11.4. The maximum Gasteiger partial charge on any atom is 0.333 e. The molecule has 11 N–H and O–H groups in total. The van der Waals surface area contributed by atoms with Crippen molar-refractivity contribution in [1.29, 1.82) is 0 Å². The van der Waals surface area contributed by atoms with Gasteiger partial charge >= 0.3 is 5.97 Å². The Bertz CT molecular complexity index is 1650. The van der Waals surface area contributed by atoms with Crippen molar-refractivity contribution in [1.82, 2.24) is 37.0 Å². The molecule has 2 aliphatic heterocycles. The third-order valence-corrected chi connectivity index (χ3v) is 8.89. The molecule has 57 heavy (non-hydrogen) atoms. The number of hydrogen-bond donors (Lipinski definition) is 9. The van der Waals surface area contributed by atoms with E-state index in [0.29, 0.717) is 29.9 Å². The number of aliphatic imine (C=N–C) groups is 1. The van der Waals surface area contributed by atoms with E-state index in [4.69, 9.17) is 16.3 Å². The van der Waals surface area contributed by atoms with Crippen LogP contribution < -0.4 is 43.4 Å². The summed E-state index contributed by atoms with van der Waals surface area (Å²) in [4.78, 5) is 123. The second kappa shape index (κ2) is 22.9. The first kappa shape index (κ1) is 45.1. The maximum atomic E-state index is 13.8. The molecule has 0 saturated carbocycles. The number of nitrogens with one attached hydrogen (secondary N) is 6. The first-order chi connectivity index (χ1) is 27.1. The van der Waals surface area contributed by atoms with Crippen LogP contribution in [0.5, 0.6) is 5.75 Å². The van der Waals surface area contributed by atoms with E-state index in [2.05, 4.69) is 36.9 Å². The molecule has 21 nitrogen and oxygen atoms in total. The van der Waals surface area contributed by atoms with Crippen molar-refractivity contribution in [3.05, 3.63) is 29.8 Å². The van der Waals surface area contributed by atoms with Crippen LogP contribution >= 0.6 is 0 Å². The summed E-state index contributed by atoms with van der Waals surface area (Å²) in [6.45, 7) is 1.27. The van der Waals surface area contributed by atoms with Crippen molar-refractivity contribution in [2.45, 2.75) is 108 Å². The summed E-state index contributed by atoms with van der Waals surface area (Å²) in [5.74, 6) is -5.90. The quantitative estimate of drug-likeness (QED) is 0.0342. The number of rotatable bonds is 17. The number of nitrogens with two attached hydrogens (primary N) is 2. The van der Waals surface area contributed by atoms with Gasteiger partial charge in [0.2, 0.25) is 35.4 Å². The highest BCUT2D eigenvalue weighted by atomic mass is 16.7. The second-order valence-electron chi connectivity index (χ2n) is 13.6. The third-order valence-electron chi connectivity index (χ3n) is 8.89. The van der Waals surface area contributed by atoms with Crippen molar-refractivity contribution in [2.24, 2.45) is 16.5 Å². The summed E-state index contributed by atoms with van der Waals surface area (Å²) in [5, 5.41) is 25.9. The van der Waals surface area contributed by atoms with Gasteiger partial charge in [0.1, 0.15) is 29.9 Å². The Hall–Kier alpha value is -6.28. The molecule has 0 aromatic heterocycles. The predicted molar refractivity (Wildman–Crippen MR) is 201 cm³/mol. The number of carbonyl (C=O) groups excluding carboxylic acids is 9. The monoisotopic (exact) mass is 800 g/mol. The van der Waals surface area contributed by atoms with Gasteiger partial charge in [-0.3, -0.25) is 43.3 Å². The minimum absolute atomic E-state index is 0.0104. The number of benzene rings is 1. The molecule has 0 spiro atoms. The SMILES string of the molecule is C[C@@H]1NC(=O)CNC(=O)[C@H](CCCN=C(N)N)NC(=O)[C@H](CCCCNC(=O)CCCCC(=O)ON2C(=O)CCC2=O)NC(=O)[C@@H](Cc2ccc(O)cc2)NC1=O. The van der Waals surface area contributed by atoms with Crippen molar-refractivity contribution in [3.63, 3.8) is 0 Å². The standard InChI is InChI=1S/C36H52N10O11/c1-21-32(53)45-26(19-22-11-13-23(47)14-12-22)35(56)44-25(34(55)43-24(8-6-18-40-36(37)38)33(54)41-20-28(49)42-21)7-4-5-17-39-27(48)9-2-3-10-31(52)57-46-29(50)15-16-30(46)51/h11-14,21,24-26,47H,2-10,15-20H2,1H3,(H,39,48)(H,41,54)(H,42,49)(H,43,55)(H,44,56)(H,45,53)(H4,37,38,40)/t21-,24-,25-,26+/m0/s1. The predicted octanol–water partition coefficient (Wildman–Crippen LogP) is -2.47. The van der Waals surface area contributed by atoms with Gasteiger partial charge in [0.25, 0.3) is 11.8 Å². The Labute approximate surface area is 328 Å². The number of aromatic hydroxyl groups is 1. The number of amides is 8. The molecular formula is C36H52N10O11. The van der Waals surface area contributed by atoms with Gasteiger partial charge in [0, 0.05) is 45.2 Å². The Morgan fingerprint density at radius 1 is 0.789 bits per heavy atom. The van der Waals surface area contributed by atoms with Crippen molar-refractivity contribution in [2.75, 3.05) is 19.6 Å². The molecule has 2 heterocycles. The molecule has 0 bridgehead atoms. The fourth-order valence-corrected chi connectivity index (χ4v) is 5.76. The van der Waals surface area contributed by atoms with E-state index < -0.39 is 78.0 Å². The number of imide groups is 1. The van der Waals surface area contributed by atoms with Crippen molar-refractivity contribution >= 4 is 59.2 Å². The van der Waals surface area contributed by atoms with Gasteiger partial charge in [-0.05, 0) is 69.6 Å². The largest absolute Gasteiger partial charge is 0.508 e. The van der Waals surface area contributed by atoms with E-state index >= 15 is 0 Å². The number of phenols is 1. The zero-order chi connectivity index (χ0) is 41.9. The number of unbranched alkanes of at least 4 members (excludes halogenated alkanes) is 2. The van der Waals surface area contributed by atoms with Crippen LogP contribution in [0.25, 0.3) is 0 Å². The number of hydrogen-bond acceptors (Lipinski definition) is 12. The van der Waals surface area contributed by atoms with E-state index in [0.717, 1.165) is 0 Å². The normalized spacial score (nSPS) is 20.9. The first-order valence-electron chi connectivity index (χ1n) is 18.8. The van der Waals surface area contributed by atoms with E-state index in [9.17, 15) is 48.3 Å². The topological polar surface area (TPSA) is 323 Å². The zero-order valence-electron chi connectivity index (χ0n) is 31.8. The molecule has 2 aliphatic rings. The molecule has 312 valence electrons. The van der Waals surface area contributed by atoms with Gasteiger partial charge in [0.15, 0.2) is 5.96 Å². The molecule has 4 atom stereocenters. The van der Waals surface area contributed by atoms with Gasteiger partial charge in [-0.25, -0.2) is 4.79 Å². The highest BCUT2D eigenvalue weighted by Crippen LogP contribution is 2.15. The lowest BCUT2D eigenvalue weighted by atomic mass is 10.0. The number of guanidine groups is 1. The van der Waals surface area contributed by atoms with E-state index in [1.807, 2.05) is 0 Å². The molecule has 3 rings (SSSR count). The highest BCUT2D eigenvalue weighted by Gasteiger charge is 2.33. The number of carbonyl (C=O) groups is 9. The van der Waals surface area contributed by atoms with Crippen LogP contribution in [0.2, 0.25) is 0 Å². The first-order valence-corrected chi connectivity index (χ1v) is 18.8. The van der Waals surface area contributed by atoms with Crippen molar-refractivity contribution in [3.8, 4) is 5.75 Å². The molecule has 1 aromatic rings. The summed E-state index contributed by atoms with van der Waals surface area (Å²) in [6, 6.07) is 1.28. The van der Waals surface area contributed by atoms with Gasteiger partial charge in [-0.2, -0.15) is 0 Å². The minimum Gasteiger partial charge on any atom is -0.508 e. The third kappa shape index (κ3) is 16.2. The number of phenolic OH excluding ortho intramolecular Hbond substituents is 1. The fourth-order valence-electron chi connectivity index (χ4n) is 5.76. The van der Waals surface area contributed by atoms with E-state index in [-0.39, 0.29) is 88.5 Å². The Kier molecular flexibility index (Phi) is 18.2. The molecule has 21 heteroatoms. The molecule has 8 amide bonds. The zero-order valence-corrected chi connectivity index (χ0v) is 31.8. The summed E-state index contributed by atoms with van der Waals surface area (Å²) in [7, 11) is 0. The highest BCUT2D eigenvalue weighted by molar-refractivity contribution is 6.01. The van der Waals surface area contributed by atoms with Crippen LogP contribution in [0, 0.1) is 0 Å². The summed E-state index contributed by atoms with van der Waals surface area (Å²) in [6.07, 6.45) is 1.68. The van der Waals surface area contributed by atoms with Crippen LogP contribution in [0.4, 0.5) is 0 Å². The average Bonchev–Trinajstić information content (AvgIpc) is 3.47. The summed E-state index contributed by atoms with van der Waals surface area (Å²) >= 11 is 0. The number of hydroxylamine groups is 2. The van der Waals surface area contributed by atoms with Crippen LogP contribution in [0.15, 0.2) is 29.3 Å². The van der Waals surface area contributed by atoms with E-state index in [1.165, 1.54) is 19.1 Å². The van der Waals surface area contributed by atoms with Crippen molar-refractivity contribution < 1.29 is 53.1 Å². The van der Waals surface area contributed by atoms with Gasteiger partial charge in [-0.15, -0.1) is 5.06 Å². The molecule has 0 unspecified atom stereocenters. The molecule has 0 radical (unpaired) electrons. The van der Waals surface area contributed by atoms with E-state index in [1.54, 1.807) is 12.1 Å². The van der Waals surface area contributed by atoms with Crippen LogP contribution in [-0.4, -0.2) is 113 Å². The Balaban J connectivity index is 1.65. The van der Waals surface area contributed by atoms with Gasteiger partial charge in [0.05, 0.1) is 6.54 Å². The molecule has 2 saturated heterocycles. The fraction of sp³-hybridized carbons (Fsp3) is 0.556. The molecule has 2 fully saturated rings. The lowest BCUT2D eigenvalue weighted by Crippen LogP contribution is -2.57. The Morgan fingerprint density at radius 2 is 1.39 bits per heavy atom. The van der Waals surface area contributed by atoms with Crippen LogP contribution in [0.3, 0.4) is 0 Å². The lowest BCUT2D eigenvalue weighted by molar-refractivity contribution is -0.197. The molecular weight excluding hydrogens is 748 g/mol. The minimum atomic E-state index is -1.22. The lowest BCUT2D eigenvalue weighted by Gasteiger charge is -2.25. The molecule has 0 aliphatic carbocycles. The maximum absolute atomic E-state index is 13.8. The Morgan fingerprint density at radius 3 is 2.05 bits per heavy atom. The van der Waals surface area contributed by atoms with Gasteiger partial charge in [-0.1, -0.05) is 12.1 Å². The average molecular weight is 801 g/mol. The smallest absolute Gasteiger partial charge is 0.333 e. The van der Waals surface area contributed by atoms with Crippen LogP contribution in [0.1, 0.15) is 83.1 Å². The molecule has 1 aromatic carbocycles. The van der Waals surface area contributed by atoms with Crippen LogP contribution in [-0.2, 0) is 54.4 Å².